The molecule has 6 nitrogen and oxygen atoms in total. The lowest BCUT2D eigenvalue weighted by Crippen LogP contribution is -2.42. The maximum absolute atomic E-state index is 12.8. The number of amides is 1. The monoisotopic (exact) mass is 438 g/mol. The Labute approximate surface area is 192 Å². The molecule has 0 unspecified atom stereocenters. The number of aromatic nitrogens is 3. The first-order valence-electron chi connectivity index (χ1n) is 11.4. The number of nitrogens with zero attached hydrogens (tertiary/aromatic N) is 4. The van der Waals surface area contributed by atoms with Gasteiger partial charge in [-0.05, 0) is 43.0 Å². The fourth-order valence-corrected chi connectivity index (χ4v) is 4.65. The van der Waals surface area contributed by atoms with Gasteiger partial charge in [0, 0.05) is 37.3 Å². The molecule has 0 bridgehead atoms. The second kappa shape index (κ2) is 8.98. The van der Waals surface area contributed by atoms with Gasteiger partial charge in [0.05, 0.1) is 0 Å². The van der Waals surface area contributed by atoms with Crippen molar-refractivity contribution in [1.82, 2.24) is 19.4 Å². The number of carbonyl (C=O) groups excluding carboxylic acids is 2. The number of ketones is 1. The fourth-order valence-electron chi connectivity index (χ4n) is 4.65. The van der Waals surface area contributed by atoms with Crippen LogP contribution in [0.25, 0.3) is 11.2 Å². The average Bonchev–Trinajstić information content (AvgIpc) is 3.23. The normalized spacial score (nSPS) is 14.5. The highest BCUT2D eigenvalue weighted by Gasteiger charge is 2.30. The highest BCUT2D eigenvalue weighted by Crippen LogP contribution is 2.29. The number of hydrogen-bond donors (Lipinski definition) is 0. The van der Waals surface area contributed by atoms with E-state index in [-0.39, 0.29) is 6.04 Å². The van der Waals surface area contributed by atoms with E-state index in [1.165, 1.54) is 11.1 Å². The first kappa shape index (κ1) is 21.1. The minimum absolute atomic E-state index is 0.180. The topological polar surface area (TPSA) is 68.1 Å². The quantitative estimate of drug-likeness (QED) is 0.343. The van der Waals surface area contributed by atoms with E-state index in [0.717, 1.165) is 36.3 Å². The minimum Gasteiger partial charge on any atom is -0.336 e. The summed E-state index contributed by atoms with van der Waals surface area (Å²) in [7, 11) is 0. The molecule has 166 valence electrons. The SMILES string of the molecule is Cc1ccccc1Cc1nc2cccnc2n1C1CCN(C(=O)C(=O)c2ccccc2)CC1. The van der Waals surface area contributed by atoms with Crippen LogP contribution < -0.4 is 0 Å². The summed E-state index contributed by atoms with van der Waals surface area (Å²) >= 11 is 0. The Bertz CT molecular complexity index is 1300. The van der Waals surface area contributed by atoms with Crippen molar-refractivity contribution in [3.05, 3.63) is 95.4 Å². The van der Waals surface area contributed by atoms with E-state index < -0.39 is 11.7 Å². The lowest BCUT2D eigenvalue weighted by atomic mass is 10.0. The molecule has 5 rings (SSSR count). The summed E-state index contributed by atoms with van der Waals surface area (Å²) < 4.78 is 2.25. The van der Waals surface area contributed by atoms with E-state index >= 15 is 0 Å². The van der Waals surface area contributed by atoms with Crippen LogP contribution in [0, 0.1) is 6.92 Å². The zero-order chi connectivity index (χ0) is 22.8. The van der Waals surface area contributed by atoms with Gasteiger partial charge in [0.2, 0.25) is 5.78 Å². The zero-order valence-corrected chi connectivity index (χ0v) is 18.6. The molecule has 4 aromatic rings. The van der Waals surface area contributed by atoms with Crippen LogP contribution in [0.5, 0.6) is 0 Å². The molecule has 0 atom stereocenters. The third kappa shape index (κ3) is 4.16. The summed E-state index contributed by atoms with van der Waals surface area (Å²) in [6.45, 7) is 3.20. The molecule has 2 aromatic carbocycles. The Morgan fingerprint density at radius 1 is 0.939 bits per heavy atom. The van der Waals surface area contributed by atoms with Crippen molar-refractivity contribution in [2.45, 2.75) is 32.2 Å². The second-order valence-corrected chi connectivity index (χ2v) is 8.57. The Hall–Kier alpha value is -3.80. The summed E-state index contributed by atoms with van der Waals surface area (Å²) in [6, 6.07) is 21.2. The molecular weight excluding hydrogens is 412 g/mol. The number of piperidine rings is 1. The van der Waals surface area contributed by atoms with Gasteiger partial charge in [0.25, 0.3) is 5.91 Å². The molecule has 0 N–H and O–H groups in total. The van der Waals surface area contributed by atoms with Crippen molar-refractivity contribution in [1.29, 1.82) is 0 Å². The number of aryl methyl sites for hydroxylation is 1. The molecule has 1 amide bonds. The van der Waals surface area contributed by atoms with Crippen LogP contribution in [0.4, 0.5) is 0 Å². The van der Waals surface area contributed by atoms with Gasteiger partial charge in [-0.25, -0.2) is 9.97 Å². The van der Waals surface area contributed by atoms with Gasteiger partial charge >= 0.3 is 0 Å². The number of rotatable bonds is 5. The molecule has 1 aliphatic heterocycles. The number of hydrogen-bond acceptors (Lipinski definition) is 4. The summed E-state index contributed by atoms with van der Waals surface area (Å²) in [6.07, 6.45) is 4.05. The Balaban J connectivity index is 1.38. The summed E-state index contributed by atoms with van der Waals surface area (Å²) in [5.41, 5.74) is 4.69. The number of Topliss-reactive ketones (excluding diaryl/α,β-unsaturated/α-hetero) is 1. The highest BCUT2D eigenvalue weighted by atomic mass is 16.2. The molecule has 1 saturated heterocycles. The fraction of sp³-hybridized carbons (Fsp3) is 0.259. The molecular formula is C27H26N4O2. The number of benzene rings is 2. The molecule has 2 aromatic heterocycles. The molecule has 0 aliphatic carbocycles. The van der Waals surface area contributed by atoms with Crippen LogP contribution in [0.15, 0.2) is 72.9 Å². The van der Waals surface area contributed by atoms with Gasteiger partial charge in [-0.15, -0.1) is 0 Å². The predicted octanol–water partition coefficient (Wildman–Crippen LogP) is 4.38. The number of likely N-dealkylation sites (tertiary alicyclic amines) is 1. The minimum atomic E-state index is -0.441. The Morgan fingerprint density at radius 2 is 1.67 bits per heavy atom. The van der Waals surface area contributed by atoms with Gasteiger partial charge in [0.1, 0.15) is 11.3 Å². The maximum Gasteiger partial charge on any atom is 0.294 e. The lowest BCUT2D eigenvalue weighted by molar-refractivity contribution is -0.127. The van der Waals surface area contributed by atoms with Crippen molar-refractivity contribution >= 4 is 22.9 Å². The third-order valence-corrected chi connectivity index (χ3v) is 6.48. The summed E-state index contributed by atoms with van der Waals surface area (Å²) in [4.78, 5) is 36.6. The van der Waals surface area contributed by atoms with Gasteiger partial charge in [-0.3, -0.25) is 9.59 Å². The van der Waals surface area contributed by atoms with E-state index in [1.807, 2.05) is 24.3 Å². The smallest absolute Gasteiger partial charge is 0.294 e. The molecule has 3 heterocycles. The van der Waals surface area contributed by atoms with Crippen molar-refractivity contribution < 1.29 is 9.59 Å². The molecule has 1 aliphatic rings. The van der Waals surface area contributed by atoms with Crippen LogP contribution in [0.3, 0.4) is 0 Å². The maximum atomic E-state index is 12.8. The van der Waals surface area contributed by atoms with Gasteiger partial charge < -0.3 is 9.47 Å². The molecule has 0 spiro atoms. The Morgan fingerprint density at radius 3 is 2.42 bits per heavy atom. The average molecular weight is 439 g/mol. The van der Waals surface area contributed by atoms with Gasteiger partial charge in [-0.2, -0.15) is 0 Å². The van der Waals surface area contributed by atoms with Gasteiger partial charge in [-0.1, -0.05) is 54.6 Å². The van der Waals surface area contributed by atoms with E-state index in [4.69, 9.17) is 4.98 Å². The van der Waals surface area contributed by atoms with Crippen LogP contribution in [0.2, 0.25) is 0 Å². The molecule has 6 heteroatoms. The summed E-state index contributed by atoms with van der Waals surface area (Å²) in [5, 5.41) is 0. The molecule has 1 fully saturated rings. The van der Waals surface area contributed by atoms with Crippen LogP contribution in [-0.2, 0) is 11.2 Å². The van der Waals surface area contributed by atoms with E-state index in [9.17, 15) is 9.59 Å². The number of fused-ring (bicyclic) bond motifs is 1. The van der Waals surface area contributed by atoms with Crippen molar-refractivity contribution in [2.75, 3.05) is 13.1 Å². The van der Waals surface area contributed by atoms with E-state index in [0.29, 0.717) is 18.7 Å². The van der Waals surface area contributed by atoms with Crippen LogP contribution in [-0.4, -0.2) is 44.2 Å². The second-order valence-electron chi connectivity index (χ2n) is 8.57. The van der Waals surface area contributed by atoms with Crippen molar-refractivity contribution in [3.63, 3.8) is 0 Å². The number of pyridine rings is 1. The number of carbonyl (C=O) groups is 2. The summed E-state index contributed by atoms with van der Waals surface area (Å²) in [5.74, 6) is 0.126. The van der Waals surface area contributed by atoms with E-state index in [1.54, 1.807) is 35.4 Å². The largest absolute Gasteiger partial charge is 0.336 e. The van der Waals surface area contributed by atoms with Crippen LogP contribution in [0.1, 0.15) is 46.2 Å². The van der Waals surface area contributed by atoms with Crippen molar-refractivity contribution in [3.8, 4) is 0 Å². The highest BCUT2D eigenvalue weighted by molar-refractivity contribution is 6.42. The lowest BCUT2D eigenvalue weighted by Gasteiger charge is -2.33. The zero-order valence-electron chi connectivity index (χ0n) is 18.6. The van der Waals surface area contributed by atoms with Gasteiger partial charge in [0.15, 0.2) is 5.65 Å². The van der Waals surface area contributed by atoms with Crippen LogP contribution >= 0.6 is 0 Å². The first-order chi connectivity index (χ1) is 16.1. The van der Waals surface area contributed by atoms with Crippen molar-refractivity contribution in [2.24, 2.45) is 0 Å². The third-order valence-electron chi connectivity index (χ3n) is 6.48. The molecule has 0 saturated carbocycles. The standard InChI is InChI=1S/C27H26N4O2/c1-19-8-5-6-11-21(19)18-24-29-23-12-7-15-28-26(23)31(24)22-13-16-30(17-14-22)27(33)25(32)20-9-3-2-4-10-20/h2-12,15,22H,13-14,16-18H2,1H3. The van der Waals surface area contributed by atoms with E-state index in [2.05, 4.69) is 34.7 Å². The molecule has 0 radical (unpaired) electrons. The number of imidazole rings is 1. The Kier molecular flexibility index (Phi) is 5.73. The first-order valence-corrected chi connectivity index (χ1v) is 11.4. The predicted molar refractivity (Wildman–Crippen MR) is 127 cm³/mol. The molecule has 33 heavy (non-hydrogen) atoms.